The van der Waals surface area contributed by atoms with Crippen LogP contribution in [0.25, 0.3) is 11.4 Å². The molecule has 0 unspecified atom stereocenters. The highest BCUT2D eigenvalue weighted by Gasteiger charge is 2.19. The van der Waals surface area contributed by atoms with Crippen LogP contribution in [0.4, 0.5) is 0 Å². The Morgan fingerprint density at radius 3 is 2.26 bits per heavy atom. The van der Waals surface area contributed by atoms with Crippen LogP contribution in [0.1, 0.15) is 36.8 Å². The first-order valence-electron chi connectivity index (χ1n) is 10.4. The largest absolute Gasteiger partial charge is 0.490 e. The second kappa shape index (κ2) is 10.5. The second-order valence-electron chi connectivity index (χ2n) is 6.64. The molecule has 8 nitrogen and oxygen atoms in total. The molecule has 0 atom stereocenters. The molecule has 0 radical (unpaired) electrons. The number of carbonyl (C=O) groups is 1. The van der Waals surface area contributed by atoms with E-state index in [0.29, 0.717) is 42.6 Å². The van der Waals surface area contributed by atoms with Gasteiger partial charge in [0.15, 0.2) is 11.5 Å². The van der Waals surface area contributed by atoms with Crippen molar-refractivity contribution in [3.05, 3.63) is 53.9 Å². The van der Waals surface area contributed by atoms with E-state index < -0.39 is 0 Å². The molecular weight excluding hydrogens is 396 g/mol. The molecule has 1 N–H and O–H groups in total. The lowest BCUT2D eigenvalue weighted by Crippen LogP contribution is -2.23. The number of pyridine rings is 1. The van der Waals surface area contributed by atoms with Gasteiger partial charge in [-0.05, 0) is 51.1 Å². The van der Waals surface area contributed by atoms with E-state index in [-0.39, 0.29) is 12.5 Å². The van der Waals surface area contributed by atoms with Gasteiger partial charge in [0, 0.05) is 18.8 Å². The standard InChI is InChI=1S/C23H28N4O4/c1-5-29-20-12-16(13-21(30-6-2)22(20)31-7-3)23(28)25-15-17-14-19(27(4)26-17)18-10-8-9-11-24-18/h8-14H,5-7,15H2,1-4H3,(H,25,28). The van der Waals surface area contributed by atoms with E-state index >= 15 is 0 Å². The Labute approximate surface area is 182 Å². The molecule has 0 aliphatic heterocycles. The van der Waals surface area contributed by atoms with E-state index in [1.54, 1.807) is 23.0 Å². The molecule has 1 aromatic carbocycles. The van der Waals surface area contributed by atoms with Gasteiger partial charge in [-0.15, -0.1) is 0 Å². The van der Waals surface area contributed by atoms with Gasteiger partial charge in [-0.3, -0.25) is 14.5 Å². The molecule has 0 saturated carbocycles. The predicted octanol–water partition coefficient (Wildman–Crippen LogP) is 3.61. The molecule has 8 heteroatoms. The minimum absolute atomic E-state index is 0.255. The SMILES string of the molecule is CCOc1cc(C(=O)NCc2cc(-c3ccccn3)n(C)n2)cc(OCC)c1OCC. The number of rotatable bonds is 10. The molecule has 31 heavy (non-hydrogen) atoms. The van der Waals surface area contributed by atoms with Gasteiger partial charge in [0.05, 0.1) is 43.4 Å². The van der Waals surface area contributed by atoms with Crippen molar-refractivity contribution in [1.29, 1.82) is 0 Å². The Balaban J connectivity index is 1.79. The van der Waals surface area contributed by atoms with Crippen LogP contribution in [0.2, 0.25) is 0 Å². The second-order valence-corrected chi connectivity index (χ2v) is 6.64. The van der Waals surface area contributed by atoms with Crippen LogP contribution in [0.5, 0.6) is 17.2 Å². The summed E-state index contributed by atoms with van der Waals surface area (Å²) < 4.78 is 18.8. The molecule has 2 aromatic heterocycles. The average Bonchev–Trinajstić information content (AvgIpc) is 3.15. The first-order valence-corrected chi connectivity index (χ1v) is 10.4. The zero-order valence-corrected chi connectivity index (χ0v) is 18.3. The van der Waals surface area contributed by atoms with E-state index in [1.807, 2.05) is 52.1 Å². The van der Waals surface area contributed by atoms with Crippen molar-refractivity contribution < 1.29 is 19.0 Å². The highest BCUT2D eigenvalue weighted by Crippen LogP contribution is 2.39. The number of aryl methyl sites for hydroxylation is 1. The summed E-state index contributed by atoms with van der Waals surface area (Å²) >= 11 is 0. The lowest BCUT2D eigenvalue weighted by molar-refractivity contribution is 0.0949. The van der Waals surface area contributed by atoms with E-state index in [2.05, 4.69) is 15.4 Å². The van der Waals surface area contributed by atoms with Crippen LogP contribution in [-0.4, -0.2) is 40.5 Å². The molecule has 164 valence electrons. The maximum atomic E-state index is 12.9. The van der Waals surface area contributed by atoms with E-state index in [4.69, 9.17) is 14.2 Å². The first kappa shape index (κ1) is 22.1. The minimum Gasteiger partial charge on any atom is -0.490 e. The van der Waals surface area contributed by atoms with Crippen molar-refractivity contribution in [3.8, 4) is 28.6 Å². The zero-order chi connectivity index (χ0) is 22.2. The number of hydrogen-bond donors (Lipinski definition) is 1. The highest BCUT2D eigenvalue weighted by atomic mass is 16.5. The van der Waals surface area contributed by atoms with Crippen LogP contribution in [0.3, 0.4) is 0 Å². The fourth-order valence-corrected chi connectivity index (χ4v) is 3.16. The zero-order valence-electron chi connectivity index (χ0n) is 18.3. The summed E-state index contributed by atoms with van der Waals surface area (Å²) in [6.45, 7) is 7.27. The molecule has 0 fully saturated rings. The van der Waals surface area contributed by atoms with Gasteiger partial charge in [0.25, 0.3) is 5.91 Å². The molecule has 0 aliphatic carbocycles. The lowest BCUT2D eigenvalue weighted by atomic mass is 10.1. The number of aromatic nitrogens is 3. The third-order valence-electron chi connectivity index (χ3n) is 4.46. The van der Waals surface area contributed by atoms with E-state index in [9.17, 15) is 4.79 Å². The minimum atomic E-state index is -0.255. The summed E-state index contributed by atoms with van der Waals surface area (Å²) in [4.78, 5) is 17.2. The summed E-state index contributed by atoms with van der Waals surface area (Å²) in [6, 6.07) is 11.0. The summed E-state index contributed by atoms with van der Waals surface area (Å²) in [6.07, 6.45) is 1.74. The third kappa shape index (κ3) is 5.33. The molecule has 2 heterocycles. The first-order chi connectivity index (χ1) is 15.1. The van der Waals surface area contributed by atoms with Gasteiger partial charge in [-0.1, -0.05) is 6.07 Å². The van der Waals surface area contributed by atoms with Gasteiger partial charge in [-0.2, -0.15) is 5.10 Å². The van der Waals surface area contributed by atoms with Gasteiger partial charge >= 0.3 is 0 Å². The molecule has 1 amide bonds. The number of carbonyl (C=O) groups excluding carboxylic acids is 1. The average molecular weight is 425 g/mol. The smallest absolute Gasteiger partial charge is 0.251 e. The van der Waals surface area contributed by atoms with Gasteiger partial charge in [-0.25, -0.2) is 0 Å². The summed E-state index contributed by atoms with van der Waals surface area (Å²) in [7, 11) is 1.85. The molecule has 0 spiro atoms. The number of benzene rings is 1. The number of amides is 1. The third-order valence-corrected chi connectivity index (χ3v) is 4.46. The van der Waals surface area contributed by atoms with Gasteiger partial charge in [0.1, 0.15) is 0 Å². The van der Waals surface area contributed by atoms with Crippen molar-refractivity contribution in [1.82, 2.24) is 20.1 Å². The van der Waals surface area contributed by atoms with Crippen molar-refractivity contribution in [3.63, 3.8) is 0 Å². The van der Waals surface area contributed by atoms with Crippen molar-refractivity contribution in [2.75, 3.05) is 19.8 Å². The van der Waals surface area contributed by atoms with E-state index in [1.165, 1.54) is 0 Å². The van der Waals surface area contributed by atoms with Crippen LogP contribution >= 0.6 is 0 Å². The topological polar surface area (TPSA) is 87.5 Å². The Bertz CT molecular complexity index is 991. The number of nitrogens with zero attached hydrogens (tertiary/aromatic N) is 3. The van der Waals surface area contributed by atoms with Gasteiger partial charge in [0.2, 0.25) is 5.75 Å². The van der Waals surface area contributed by atoms with Gasteiger partial charge < -0.3 is 19.5 Å². The summed E-state index contributed by atoms with van der Waals surface area (Å²) in [5.41, 5.74) is 2.86. The number of nitrogens with one attached hydrogen (secondary N) is 1. The summed E-state index contributed by atoms with van der Waals surface area (Å²) in [5, 5.41) is 7.39. The maximum absolute atomic E-state index is 12.9. The number of hydrogen-bond acceptors (Lipinski definition) is 6. The number of ether oxygens (including phenoxy) is 3. The Morgan fingerprint density at radius 2 is 1.68 bits per heavy atom. The molecule has 0 bridgehead atoms. The molecule has 3 aromatic rings. The van der Waals surface area contributed by atoms with Crippen molar-refractivity contribution in [2.45, 2.75) is 27.3 Å². The van der Waals surface area contributed by atoms with Crippen LogP contribution < -0.4 is 19.5 Å². The van der Waals surface area contributed by atoms with Crippen molar-refractivity contribution >= 4 is 5.91 Å². The van der Waals surface area contributed by atoms with Crippen LogP contribution in [0, 0.1) is 0 Å². The highest BCUT2D eigenvalue weighted by molar-refractivity contribution is 5.95. The van der Waals surface area contributed by atoms with Crippen LogP contribution in [0.15, 0.2) is 42.6 Å². The predicted molar refractivity (Wildman–Crippen MR) is 118 cm³/mol. The fourth-order valence-electron chi connectivity index (χ4n) is 3.16. The normalized spacial score (nSPS) is 10.6. The molecule has 3 rings (SSSR count). The Kier molecular flexibility index (Phi) is 7.48. The molecule has 0 saturated heterocycles. The lowest BCUT2D eigenvalue weighted by Gasteiger charge is -2.17. The monoisotopic (exact) mass is 424 g/mol. The Hall–Kier alpha value is -3.55. The molecular formula is C23H28N4O4. The summed E-state index contributed by atoms with van der Waals surface area (Å²) in [5.74, 6) is 1.22. The quantitative estimate of drug-likeness (QED) is 0.535. The van der Waals surface area contributed by atoms with E-state index in [0.717, 1.165) is 17.1 Å². The van der Waals surface area contributed by atoms with Crippen LogP contribution in [-0.2, 0) is 13.6 Å². The fraction of sp³-hybridized carbons (Fsp3) is 0.348. The van der Waals surface area contributed by atoms with Crippen molar-refractivity contribution in [2.24, 2.45) is 7.05 Å². The molecule has 0 aliphatic rings. The maximum Gasteiger partial charge on any atom is 0.251 e. The Morgan fingerprint density at radius 1 is 1.00 bits per heavy atom.